The highest BCUT2D eigenvalue weighted by Gasteiger charge is 2.35. The average Bonchev–Trinajstić information content (AvgIpc) is 3.30. The molecule has 1 atom stereocenters. The van der Waals surface area contributed by atoms with Crippen LogP contribution < -0.4 is 4.74 Å². The Labute approximate surface area is 191 Å². The monoisotopic (exact) mass is 437 g/mol. The molecule has 2 aromatic rings. The zero-order chi connectivity index (χ0) is 22.7. The third kappa shape index (κ3) is 4.54. The highest BCUT2D eigenvalue weighted by atomic mass is 16.5. The predicted molar refractivity (Wildman–Crippen MR) is 124 cm³/mol. The van der Waals surface area contributed by atoms with Gasteiger partial charge in [-0.1, -0.05) is 31.4 Å². The molecule has 32 heavy (non-hydrogen) atoms. The second kappa shape index (κ2) is 9.80. The lowest BCUT2D eigenvalue weighted by atomic mass is 9.88. The molecule has 2 aliphatic rings. The summed E-state index contributed by atoms with van der Waals surface area (Å²) in [7, 11) is 1.66. The lowest BCUT2D eigenvalue weighted by Crippen LogP contribution is -2.50. The van der Waals surface area contributed by atoms with Crippen molar-refractivity contribution in [3.63, 3.8) is 0 Å². The van der Waals surface area contributed by atoms with Crippen molar-refractivity contribution in [2.75, 3.05) is 20.2 Å². The van der Waals surface area contributed by atoms with Gasteiger partial charge in [-0.2, -0.15) is 0 Å². The van der Waals surface area contributed by atoms with E-state index in [2.05, 4.69) is 16.8 Å². The number of hydrogen-bond acceptors (Lipinski definition) is 3. The second-order valence-electron chi connectivity index (χ2n) is 9.29. The van der Waals surface area contributed by atoms with Crippen LogP contribution in [0.2, 0.25) is 0 Å². The third-order valence-electron chi connectivity index (χ3n) is 6.93. The maximum Gasteiger partial charge on any atom is 0.243 e. The Morgan fingerprint density at radius 2 is 1.88 bits per heavy atom. The van der Waals surface area contributed by atoms with Crippen LogP contribution in [0.4, 0.5) is 0 Å². The van der Waals surface area contributed by atoms with Crippen molar-refractivity contribution in [1.82, 2.24) is 14.4 Å². The first-order valence-corrected chi connectivity index (χ1v) is 11.9. The van der Waals surface area contributed by atoms with Gasteiger partial charge in [0.2, 0.25) is 11.8 Å². The van der Waals surface area contributed by atoms with Crippen molar-refractivity contribution in [1.29, 1.82) is 0 Å². The number of methoxy groups -OCH3 is 1. The molecule has 1 fully saturated rings. The van der Waals surface area contributed by atoms with Crippen LogP contribution in [0, 0.1) is 5.92 Å². The molecule has 1 unspecified atom stereocenters. The SMILES string of the molecule is COc1cccc(C2c3cccn3CCN2C(=O)CN(C(=O)C2CCCCC2)C(C)C)c1. The van der Waals surface area contributed by atoms with Gasteiger partial charge in [-0.25, -0.2) is 0 Å². The van der Waals surface area contributed by atoms with Crippen LogP contribution in [0.15, 0.2) is 42.6 Å². The average molecular weight is 438 g/mol. The normalized spacial score (nSPS) is 19.0. The van der Waals surface area contributed by atoms with E-state index < -0.39 is 0 Å². The lowest BCUT2D eigenvalue weighted by Gasteiger charge is -2.39. The van der Waals surface area contributed by atoms with Crippen LogP contribution in [0.3, 0.4) is 0 Å². The van der Waals surface area contributed by atoms with Gasteiger partial charge in [-0.15, -0.1) is 0 Å². The Morgan fingerprint density at radius 3 is 2.59 bits per heavy atom. The first-order valence-electron chi connectivity index (χ1n) is 11.9. The summed E-state index contributed by atoms with van der Waals surface area (Å²) in [6.07, 6.45) is 7.38. The fourth-order valence-electron chi connectivity index (χ4n) is 5.15. The van der Waals surface area contributed by atoms with Gasteiger partial charge < -0.3 is 19.1 Å². The molecule has 6 nitrogen and oxygen atoms in total. The smallest absolute Gasteiger partial charge is 0.243 e. The zero-order valence-electron chi connectivity index (χ0n) is 19.5. The minimum atomic E-state index is -0.194. The van der Waals surface area contributed by atoms with E-state index in [4.69, 9.17) is 4.74 Å². The van der Waals surface area contributed by atoms with Gasteiger partial charge in [-0.3, -0.25) is 9.59 Å². The van der Waals surface area contributed by atoms with Gasteiger partial charge in [0.25, 0.3) is 0 Å². The molecule has 4 rings (SSSR count). The number of amides is 2. The summed E-state index contributed by atoms with van der Waals surface area (Å²) in [5.74, 6) is 0.982. The Morgan fingerprint density at radius 1 is 1.09 bits per heavy atom. The van der Waals surface area contributed by atoms with E-state index in [0.29, 0.717) is 6.54 Å². The summed E-state index contributed by atoms with van der Waals surface area (Å²) >= 11 is 0. The number of ether oxygens (including phenoxy) is 1. The summed E-state index contributed by atoms with van der Waals surface area (Å²) in [6.45, 7) is 5.52. The maximum absolute atomic E-state index is 13.7. The molecule has 0 saturated heterocycles. The van der Waals surface area contributed by atoms with Crippen molar-refractivity contribution >= 4 is 11.8 Å². The van der Waals surface area contributed by atoms with Crippen LogP contribution in [0.1, 0.15) is 63.3 Å². The summed E-state index contributed by atoms with van der Waals surface area (Å²) in [5.41, 5.74) is 2.11. The van der Waals surface area contributed by atoms with Crippen molar-refractivity contribution in [2.45, 2.75) is 64.6 Å². The van der Waals surface area contributed by atoms with Crippen molar-refractivity contribution in [2.24, 2.45) is 5.92 Å². The second-order valence-corrected chi connectivity index (χ2v) is 9.29. The number of aromatic nitrogens is 1. The number of carbonyl (C=O) groups is 2. The minimum absolute atomic E-state index is 0.00250. The van der Waals surface area contributed by atoms with E-state index in [1.807, 2.05) is 49.1 Å². The quantitative estimate of drug-likeness (QED) is 0.679. The van der Waals surface area contributed by atoms with Gasteiger partial charge in [0.15, 0.2) is 0 Å². The summed E-state index contributed by atoms with van der Waals surface area (Å²) in [5, 5.41) is 0. The molecule has 0 bridgehead atoms. The van der Waals surface area contributed by atoms with Gasteiger partial charge in [0.05, 0.1) is 13.2 Å². The molecule has 1 aromatic carbocycles. The fraction of sp³-hybridized carbons (Fsp3) is 0.538. The molecular weight excluding hydrogens is 402 g/mol. The largest absolute Gasteiger partial charge is 0.497 e. The molecule has 1 aromatic heterocycles. The van der Waals surface area contributed by atoms with E-state index in [1.54, 1.807) is 12.0 Å². The number of hydrogen-bond donors (Lipinski definition) is 0. The molecule has 0 N–H and O–H groups in total. The molecule has 0 spiro atoms. The summed E-state index contributed by atoms with van der Waals surface area (Å²) < 4.78 is 7.65. The van der Waals surface area contributed by atoms with E-state index >= 15 is 0 Å². The number of rotatable bonds is 6. The zero-order valence-corrected chi connectivity index (χ0v) is 19.5. The van der Waals surface area contributed by atoms with Crippen molar-refractivity contribution in [3.8, 4) is 5.75 Å². The van der Waals surface area contributed by atoms with Crippen LogP contribution in [-0.2, 0) is 16.1 Å². The molecule has 0 radical (unpaired) electrons. The van der Waals surface area contributed by atoms with Gasteiger partial charge in [0.1, 0.15) is 12.3 Å². The summed E-state index contributed by atoms with van der Waals surface area (Å²) in [4.78, 5) is 30.7. The fourth-order valence-corrected chi connectivity index (χ4v) is 5.15. The highest BCUT2D eigenvalue weighted by Crippen LogP contribution is 2.34. The Hall–Kier alpha value is -2.76. The molecule has 2 amide bonds. The van der Waals surface area contributed by atoms with Crippen molar-refractivity contribution in [3.05, 3.63) is 53.9 Å². The first-order chi connectivity index (χ1) is 15.5. The van der Waals surface area contributed by atoms with E-state index in [0.717, 1.165) is 49.2 Å². The maximum atomic E-state index is 13.7. The van der Waals surface area contributed by atoms with Crippen LogP contribution in [0.25, 0.3) is 0 Å². The minimum Gasteiger partial charge on any atom is -0.497 e. The topological polar surface area (TPSA) is 54.8 Å². The third-order valence-corrected chi connectivity index (χ3v) is 6.93. The van der Waals surface area contributed by atoms with Gasteiger partial charge in [-0.05, 0) is 56.5 Å². The Bertz CT molecular complexity index is 945. The van der Waals surface area contributed by atoms with Gasteiger partial charge >= 0.3 is 0 Å². The Balaban J connectivity index is 1.59. The van der Waals surface area contributed by atoms with Crippen LogP contribution in [0.5, 0.6) is 5.75 Å². The first kappa shape index (κ1) is 22.4. The standard InChI is InChI=1S/C26H35N3O3/c1-19(2)29(26(31)20-9-5-4-6-10-20)18-24(30)28-16-15-27-14-8-13-23(27)25(28)21-11-7-12-22(17-21)32-3/h7-8,11-14,17,19-20,25H,4-6,9-10,15-16,18H2,1-3H3. The Kier molecular flexibility index (Phi) is 6.87. The molecule has 1 aliphatic heterocycles. The number of benzene rings is 1. The van der Waals surface area contributed by atoms with E-state index in [9.17, 15) is 9.59 Å². The van der Waals surface area contributed by atoms with Crippen LogP contribution in [-0.4, -0.2) is 52.4 Å². The highest BCUT2D eigenvalue weighted by molar-refractivity contribution is 5.86. The number of fused-ring (bicyclic) bond motifs is 1. The van der Waals surface area contributed by atoms with E-state index in [1.165, 1.54) is 6.42 Å². The number of nitrogens with zero attached hydrogens (tertiary/aromatic N) is 3. The molecule has 172 valence electrons. The molecule has 6 heteroatoms. The van der Waals surface area contributed by atoms with Crippen molar-refractivity contribution < 1.29 is 14.3 Å². The summed E-state index contributed by atoms with van der Waals surface area (Å²) in [6, 6.07) is 11.8. The molecule has 2 heterocycles. The molecule has 1 saturated carbocycles. The lowest BCUT2D eigenvalue weighted by molar-refractivity contribution is -0.146. The predicted octanol–water partition coefficient (Wildman–Crippen LogP) is 4.25. The molecular formula is C26H35N3O3. The van der Waals surface area contributed by atoms with Crippen LogP contribution >= 0.6 is 0 Å². The number of carbonyl (C=O) groups excluding carboxylic acids is 2. The van der Waals surface area contributed by atoms with E-state index in [-0.39, 0.29) is 36.4 Å². The molecule has 1 aliphatic carbocycles. The van der Waals surface area contributed by atoms with Gasteiger partial charge in [0, 0.05) is 36.9 Å².